The minimum absolute atomic E-state index is 0.220. The van der Waals surface area contributed by atoms with E-state index in [2.05, 4.69) is 11.3 Å². The topological polar surface area (TPSA) is 29.4 Å². The zero-order chi connectivity index (χ0) is 9.61. The van der Waals surface area contributed by atoms with E-state index >= 15 is 0 Å². The first-order chi connectivity index (χ1) is 5.48. The third-order valence-corrected chi connectivity index (χ3v) is 2.77. The minimum atomic E-state index is -1.07. The van der Waals surface area contributed by atoms with Crippen molar-refractivity contribution in [3.8, 4) is 0 Å². The third-order valence-electron chi connectivity index (χ3n) is 1.38. The van der Waals surface area contributed by atoms with Crippen molar-refractivity contribution in [1.82, 2.24) is 0 Å². The SMILES string of the molecule is CCCC/C=N/[S@](=O)C(C)(C)C. The summed E-state index contributed by atoms with van der Waals surface area (Å²) in [7, 11) is -1.07. The lowest BCUT2D eigenvalue weighted by atomic mass is 10.3. The maximum atomic E-state index is 11.3. The zero-order valence-electron chi connectivity index (χ0n) is 8.46. The summed E-state index contributed by atoms with van der Waals surface area (Å²) < 4.78 is 15.1. The second-order valence-electron chi connectivity index (χ2n) is 3.79. The Labute approximate surface area is 78.1 Å². The summed E-state index contributed by atoms with van der Waals surface area (Å²) in [5.74, 6) is 0. The van der Waals surface area contributed by atoms with Crippen LogP contribution < -0.4 is 0 Å². The Morgan fingerprint density at radius 1 is 1.42 bits per heavy atom. The lowest BCUT2D eigenvalue weighted by Gasteiger charge is -2.12. The van der Waals surface area contributed by atoms with Gasteiger partial charge in [-0.3, -0.25) is 0 Å². The molecule has 0 fully saturated rings. The van der Waals surface area contributed by atoms with Gasteiger partial charge in [-0.25, -0.2) is 4.21 Å². The molecule has 0 radical (unpaired) electrons. The average Bonchev–Trinajstić information content (AvgIpc) is 1.96. The number of rotatable bonds is 4. The average molecular weight is 189 g/mol. The van der Waals surface area contributed by atoms with Gasteiger partial charge in [0.05, 0.1) is 4.75 Å². The summed E-state index contributed by atoms with van der Waals surface area (Å²) >= 11 is 0. The van der Waals surface area contributed by atoms with Gasteiger partial charge in [-0.05, 0) is 33.6 Å². The summed E-state index contributed by atoms with van der Waals surface area (Å²) in [6, 6.07) is 0. The number of nitrogens with zero attached hydrogens (tertiary/aromatic N) is 1. The van der Waals surface area contributed by atoms with Crippen molar-refractivity contribution in [2.75, 3.05) is 0 Å². The van der Waals surface area contributed by atoms with E-state index in [-0.39, 0.29) is 4.75 Å². The molecule has 0 rings (SSSR count). The van der Waals surface area contributed by atoms with E-state index < -0.39 is 11.0 Å². The maximum absolute atomic E-state index is 11.3. The standard InChI is InChI=1S/C9H19NOS/c1-5-6-7-8-10-12(11)9(2,3)4/h8H,5-7H2,1-4H3/b10-8+/t12-/m1/s1. The molecule has 0 aliphatic carbocycles. The summed E-state index contributed by atoms with van der Waals surface area (Å²) in [4.78, 5) is 0. The molecule has 1 atom stereocenters. The van der Waals surface area contributed by atoms with E-state index in [4.69, 9.17) is 0 Å². The lowest BCUT2D eigenvalue weighted by molar-refractivity contribution is 0.650. The summed E-state index contributed by atoms with van der Waals surface area (Å²) in [6.45, 7) is 7.93. The largest absolute Gasteiger partial charge is 0.234 e. The van der Waals surface area contributed by atoms with Crippen molar-refractivity contribution in [1.29, 1.82) is 0 Å². The van der Waals surface area contributed by atoms with Crippen LogP contribution in [0.4, 0.5) is 0 Å². The van der Waals surface area contributed by atoms with Gasteiger partial charge in [-0.15, -0.1) is 0 Å². The van der Waals surface area contributed by atoms with Gasteiger partial charge in [0, 0.05) is 6.21 Å². The van der Waals surface area contributed by atoms with E-state index in [9.17, 15) is 4.21 Å². The number of hydrogen-bond donors (Lipinski definition) is 0. The van der Waals surface area contributed by atoms with Gasteiger partial charge >= 0.3 is 0 Å². The second-order valence-corrected chi connectivity index (χ2v) is 5.73. The van der Waals surface area contributed by atoms with Crippen LogP contribution in [0.3, 0.4) is 0 Å². The van der Waals surface area contributed by atoms with Gasteiger partial charge in [0.1, 0.15) is 11.0 Å². The normalized spacial score (nSPS) is 15.3. The fraction of sp³-hybridized carbons (Fsp3) is 0.889. The van der Waals surface area contributed by atoms with Crippen LogP contribution in [-0.2, 0) is 11.0 Å². The molecule has 0 aliphatic heterocycles. The molecule has 0 aromatic heterocycles. The summed E-state index contributed by atoms with van der Waals surface area (Å²) in [5, 5.41) is 0. The molecule has 0 aromatic rings. The van der Waals surface area contributed by atoms with Crippen LogP contribution in [0.25, 0.3) is 0 Å². The Morgan fingerprint density at radius 3 is 2.42 bits per heavy atom. The lowest BCUT2D eigenvalue weighted by Crippen LogP contribution is -2.19. The van der Waals surface area contributed by atoms with Crippen LogP contribution in [0.15, 0.2) is 4.40 Å². The smallest absolute Gasteiger partial charge is 0.144 e. The molecule has 0 spiro atoms. The molecule has 0 N–H and O–H groups in total. The Morgan fingerprint density at radius 2 is 2.00 bits per heavy atom. The highest BCUT2D eigenvalue weighted by atomic mass is 32.2. The van der Waals surface area contributed by atoms with Crippen LogP contribution in [0.2, 0.25) is 0 Å². The van der Waals surface area contributed by atoms with Crippen LogP contribution >= 0.6 is 0 Å². The molecule has 0 unspecified atom stereocenters. The quantitative estimate of drug-likeness (QED) is 0.494. The van der Waals surface area contributed by atoms with Gasteiger partial charge < -0.3 is 0 Å². The molecule has 2 nitrogen and oxygen atoms in total. The first-order valence-electron chi connectivity index (χ1n) is 4.43. The summed E-state index contributed by atoms with van der Waals surface area (Å²) in [5.41, 5.74) is 0. The van der Waals surface area contributed by atoms with Crippen molar-refractivity contribution < 1.29 is 4.21 Å². The minimum Gasteiger partial charge on any atom is -0.234 e. The Kier molecular flexibility index (Phi) is 5.38. The van der Waals surface area contributed by atoms with Crippen LogP contribution in [0.1, 0.15) is 47.0 Å². The highest BCUT2D eigenvalue weighted by Crippen LogP contribution is 2.11. The number of hydrogen-bond acceptors (Lipinski definition) is 1. The molecular weight excluding hydrogens is 170 g/mol. The van der Waals surface area contributed by atoms with Crippen molar-refractivity contribution >= 4 is 17.2 Å². The molecule has 0 saturated carbocycles. The van der Waals surface area contributed by atoms with Crippen molar-refractivity contribution in [3.63, 3.8) is 0 Å². The molecule has 0 amide bonds. The maximum Gasteiger partial charge on any atom is 0.144 e. The molecule has 0 aliphatic rings. The van der Waals surface area contributed by atoms with E-state index in [1.807, 2.05) is 20.8 Å². The predicted octanol–water partition coefficient (Wildman–Crippen LogP) is 2.71. The van der Waals surface area contributed by atoms with Gasteiger partial charge in [-0.1, -0.05) is 13.3 Å². The van der Waals surface area contributed by atoms with E-state index in [1.165, 1.54) is 0 Å². The van der Waals surface area contributed by atoms with Gasteiger partial charge in [0.15, 0.2) is 0 Å². The Bertz CT molecular complexity index is 170. The van der Waals surface area contributed by atoms with Gasteiger partial charge in [-0.2, -0.15) is 4.40 Å². The third kappa shape index (κ3) is 5.47. The highest BCUT2D eigenvalue weighted by Gasteiger charge is 2.17. The van der Waals surface area contributed by atoms with E-state index in [0.717, 1.165) is 19.3 Å². The molecule has 3 heteroatoms. The molecule has 0 bridgehead atoms. The predicted molar refractivity (Wildman–Crippen MR) is 55.9 cm³/mol. The van der Waals surface area contributed by atoms with Gasteiger partial charge in [0.25, 0.3) is 0 Å². The fourth-order valence-electron chi connectivity index (χ4n) is 0.574. The van der Waals surface area contributed by atoms with Crippen LogP contribution in [0, 0.1) is 0 Å². The van der Waals surface area contributed by atoms with Crippen molar-refractivity contribution in [2.24, 2.45) is 4.40 Å². The molecule has 0 saturated heterocycles. The van der Waals surface area contributed by atoms with E-state index in [1.54, 1.807) is 6.21 Å². The molecular formula is C9H19NOS. The van der Waals surface area contributed by atoms with E-state index in [0.29, 0.717) is 0 Å². The Balaban J connectivity index is 3.77. The van der Waals surface area contributed by atoms with Crippen LogP contribution in [-0.4, -0.2) is 15.2 Å². The first-order valence-corrected chi connectivity index (χ1v) is 5.53. The summed E-state index contributed by atoms with van der Waals surface area (Å²) in [6.07, 6.45) is 5.02. The molecule has 0 aromatic carbocycles. The van der Waals surface area contributed by atoms with Crippen molar-refractivity contribution in [3.05, 3.63) is 0 Å². The molecule has 72 valence electrons. The fourth-order valence-corrected chi connectivity index (χ4v) is 1.13. The highest BCUT2D eigenvalue weighted by molar-refractivity contribution is 7.85. The number of unbranched alkanes of at least 4 members (excludes halogenated alkanes) is 2. The van der Waals surface area contributed by atoms with Crippen LogP contribution in [0.5, 0.6) is 0 Å². The zero-order valence-corrected chi connectivity index (χ0v) is 9.28. The van der Waals surface area contributed by atoms with Crippen molar-refractivity contribution in [2.45, 2.75) is 51.7 Å². The molecule has 0 heterocycles. The first kappa shape index (κ1) is 11.8. The monoisotopic (exact) mass is 189 g/mol. The Hall–Kier alpha value is -0.180. The van der Waals surface area contributed by atoms with Gasteiger partial charge in [0.2, 0.25) is 0 Å². The molecule has 12 heavy (non-hydrogen) atoms. The second kappa shape index (κ2) is 5.46.